The molecule has 0 aromatic heterocycles. The second kappa shape index (κ2) is 5.88. The van der Waals surface area contributed by atoms with Crippen molar-refractivity contribution in [2.24, 2.45) is 0 Å². The van der Waals surface area contributed by atoms with Gasteiger partial charge in [-0.05, 0) is 35.9 Å². The molecular weight excluding hydrogens is 286 g/mol. The average Bonchev–Trinajstić information content (AvgIpc) is 2.38. The molecule has 0 unspecified atom stereocenters. The molecule has 0 heterocycles. The number of rotatable bonds is 3. The summed E-state index contributed by atoms with van der Waals surface area (Å²) in [6, 6.07) is 7.99. The zero-order chi connectivity index (χ0) is 14.7. The Morgan fingerprint density at radius 3 is 2.60 bits per heavy atom. The SMILES string of the molecule is Nc1ccc(Cl)c(NC(=O)Cc2ccc(F)c(F)c2)c1. The van der Waals surface area contributed by atoms with Gasteiger partial charge in [-0.25, -0.2) is 8.78 Å². The van der Waals surface area contributed by atoms with Crippen LogP contribution in [0, 0.1) is 11.6 Å². The minimum Gasteiger partial charge on any atom is -0.399 e. The molecule has 0 aliphatic carbocycles. The third-order valence-electron chi connectivity index (χ3n) is 2.61. The van der Waals surface area contributed by atoms with Crippen molar-refractivity contribution in [3.05, 3.63) is 58.6 Å². The maximum absolute atomic E-state index is 13.0. The van der Waals surface area contributed by atoms with Gasteiger partial charge in [0.25, 0.3) is 0 Å². The van der Waals surface area contributed by atoms with E-state index in [1.807, 2.05) is 0 Å². The Balaban J connectivity index is 2.09. The van der Waals surface area contributed by atoms with E-state index < -0.39 is 17.5 Å². The summed E-state index contributed by atoms with van der Waals surface area (Å²) >= 11 is 5.91. The van der Waals surface area contributed by atoms with Gasteiger partial charge in [0.1, 0.15) is 0 Å². The summed E-state index contributed by atoms with van der Waals surface area (Å²) in [5.74, 6) is -2.34. The van der Waals surface area contributed by atoms with E-state index in [9.17, 15) is 13.6 Å². The maximum Gasteiger partial charge on any atom is 0.228 e. The van der Waals surface area contributed by atoms with E-state index in [1.54, 1.807) is 12.1 Å². The van der Waals surface area contributed by atoms with E-state index in [4.69, 9.17) is 17.3 Å². The number of nitrogen functional groups attached to an aromatic ring is 1. The first-order chi connectivity index (χ1) is 9.45. The van der Waals surface area contributed by atoms with E-state index in [0.717, 1.165) is 12.1 Å². The monoisotopic (exact) mass is 296 g/mol. The van der Waals surface area contributed by atoms with Crippen molar-refractivity contribution in [3.63, 3.8) is 0 Å². The summed E-state index contributed by atoms with van der Waals surface area (Å²) in [7, 11) is 0. The maximum atomic E-state index is 13.0. The molecule has 2 aromatic rings. The lowest BCUT2D eigenvalue weighted by atomic mass is 10.1. The van der Waals surface area contributed by atoms with Crippen LogP contribution in [0.1, 0.15) is 5.56 Å². The van der Waals surface area contributed by atoms with Crippen molar-refractivity contribution < 1.29 is 13.6 Å². The first-order valence-electron chi connectivity index (χ1n) is 5.74. The van der Waals surface area contributed by atoms with Crippen LogP contribution in [-0.2, 0) is 11.2 Å². The molecule has 1 amide bonds. The van der Waals surface area contributed by atoms with Gasteiger partial charge in [0.15, 0.2) is 11.6 Å². The third kappa shape index (κ3) is 3.45. The van der Waals surface area contributed by atoms with Crippen LogP contribution in [-0.4, -0.2) is 5.91 Å². The number of halogens is 3. The fraction of sp³-hybridized carbons (Fsp3) is 0.0714. The van der Waals surface area contributed by atoms with Crippen LogP contribution >= 0.6 is 11.6 Å². The summed E-state index contributed by atoms with van der Waals surface area (Å²) in [4.78, 5) is 11.8. The van der Waals surface area contributed by atoms with E-state index >= 15 is 0 Å². The highest BCUT2D eigenvalue weighted by Gasteiger charge is 2.09. The topological polar surface area (TPSA) is 55.1 Å². The first kappa shape index (κ1) is 14.3. The number of amides is 1. The normalized spacial score (nSPS) is 10.3. The molecule has 0 aliphatic rings. The fourth-order valence-corrected chi connectivity index (χ4v) is 1.83. The second-order valence-electron chi connectivity index (χ2n) is 4.21. The van der Waals surface area contributed by atoms with Gasteiger partial charge >= 0.3 is 0 Å². The molecule has 3 nitrogen and oxygen atoms in total. The highest BCUT2D eigenvalue weighted by Crippen LogP contribution is 2.24. The minimum atomic E-state index is -0.989. The first-order valence-corrected chi connectivity index (χ1v) is 6.12. The Morgan fingerprint density at radius 1 is 1.15 bits per heavy atom. The lowest BCUT2D eigenvalue weighted by molar-refractivity contribution is -0.115. The Labute approximate surface area is 119 Å². The van der Waals surface area contributed by atoms with Crippen molar-refractivity contribution >= 4 is 28.9 Å². The predicted molar refractivity (Wildman–Crippen MR) is 74.6 cm³/mol. The van der Waals surface area contributed by atoms with E-state index in [2.05, 4.69) is 5.32 Å². The van der Waals surface area contributed by atoms with Crippen molar-refractivity contribution in [1.82, 2.24) is 0 Å². The Kier molecular flexibility index (Phi) is 4.20. The van der Waals surface area contributed by atoms with Crippen LogP contribution < -0.4 is 11.1 Å². The van der Waals surface area contributed by atoms with Crippen molar-refractivity contribution in [3.8, 4) is 0 Å². The number of hydrogen-bond donors (Lipinski definition) is 2. The Hall–Kier alpha value is -2.14. The lowest BCUT2D eigenvalue weighted by Crippen LogP contribution is -2.15. The van der Waals surface area contributed by atoms with Crippen LogP contribution in [0.4, 0.5) is 20.2 Å². The standard InChI is InChI=1S/C14H11ClF2N2O/c15-10-3-2-9(18)7-13(10)19-14(20)6-8-1-4-11(16)12(17)5-8/h1-5,7H,6,18H2,(H,19,20). The number of benzene rings is 2. The summed E-state index contributed by atoms with van der Waals surface area (Å²) in [6.07, 6.45) is -0.0949. The van der Waals surface area contributed by atoms with Crippen LogP contribution in [0.5, 0.6) is 0 Å². The summed E-state index contributed by atoms with van der Waals surface area (Å²) < 4.78 is 25.8. The van der Waals surface area contributed by atoms with E-state index in [1.165, 1.54) is 12.1 Å². The molecule has 0 saturated heterocycles. The molecule has 3 N–H and O–H groups in total. The van der Waals surface area contributed by atoms with Gasteiger partial charge in [0, 0.05) is 5.69 Å². The number of nitrogens with one attached hydrogen (secondary N) is 1. The quantitative estimate of drug-likeness (QED) is 0.853. The minimum absolute atomic E-state index is 0.0949. The molecule has 0 aliphatic heterocycles. The molecule has 2 aromatic carbocycles. The van der Waals surface area contributed by atoms with Gasteiger partial charge in [-0.2, -0.15) is 0 Å². The molecule has 0 bridgehead atoms. The molecule has 0 spiro atoms. The zero-order valence-corrected chi connectivity index (χ0v) is 11.0. The average molecular weight is 297 g/mol. The molecule has 20 heavy (non-hydrogen) atoms. The number of hydrogen-bond acceptors (Lipinski definition) is 2. The number of carbonyl (C=O) groups is 1. The molecule has 0 radical (unpaired) electrons. The Morgan fingerprint density at radius 2 is 1.90 bits per heavy atom. The highest BCUT2D eigenvalue weighted by molar-refractivity contribution is 6.33. The van der Waals surface area contributed by atoms with Crippen LogP contribution in [0.15, 0.2) is 36.4 Å². The van der Waals surface area contributed by atoms with E-state index in [-0.39, 0.29) is 6.42 Å². The van der Waals surface area contributed by atoms with E-state index in [0.29, 0.717) is 22.0 Å². The summed E-state index contributed by atoms with van der Waals surface area (Å²) in [5.41, 5.74) is 6.78. The number of anilines is 2. The summed E-state index contributed by atoms with van der Waals surface area (Å²) in [6.45, 7) is 0. The van der Waals surface area contributed by atoms with Crippen LogP contribution in [0.25, 0.3) is 0 Å². The molecule has 104 valence electrons. The van der Waals surface area contributed by atoms with Crippen LogP contribution in [0.2, 0.25) is 5.02 Å². The van der Waals surface area contributed by atoms with Gasteiger partial charge in [-0.15, -0.1) is 0 Å². The molecular formula is C14H11ClF2N2O. The zero-order valence-electron chi connectivity index (χ0n) is 10.3. The van der Waals surface area contributed by atoms with Crippen molar-refractivity contribution in [2.75, 3.05) is 11.1 Å². The smallest absolute Gasteiger partial charge is 0.228 e. The van der Waals surface area contributed by atoms with Gasteiger partial charge in [0.2, 0.25) is 5.91 Å². The number of carbonyl (C=O) groups excluding carboxylic acids is 1. The predicted octanol–water partition coefficient (Wildman–Crippen LogP) is 3.38. The molecule has 2 rings (SSSR count). The van der Waals surface area contributed by atoms with Crippen molar-refractivity contribution in [2.45, 2.75) is 6.42 Å². The number of nitrogens with two attached hydrogens (primary N) is 1. The Bertz CT molecular complexity index is 662. The van der Waals surface area contributed by atoms with Gasteiger partial charge in [-0.3, -0.25) is 4.79 Å². The van der Waals surface area contributed by atoms with Gasteiger partial charge in [0.05, 0.1) is 17.1 Å². The van der Waals surface area contributed by atoms with Gasteiger partial charge in [-0.1, -0.05) is 17.7 Å². The molecule has 0 fully saturated rings. The molecule has 6 heteroatoms. The molecule has 0 saturated carbocycles. The lowest BCUT2D eigenvalue weighted by Gasteiger charge is -2.08. The van der Waals surface area contributed by atoms with Crippen LogP contribution in [0.3, 0.4) is 0 Å². The second-order valence-corrected chi connectivity index (χ2v) is 4.62. The third-order valence-corrected chi connectivity index (χ3v) is 2.94. The van der Waals surface area contributed by atoms with Crippen molar-refractivity contribution in [1.29, 1.82) is 0 Å². The largest absolute Gasteiger partial charge is 0.399 e. The molecule has 0 atom stereocenters. The van der Waals surface area contributed by atoms with Gasteiger partial charge < -0.3 is 11.1 Å². The summed E-state index contributed by atoms with van der Waals surface area (Å²) in [5, 5.41) is 2.91. The highest BCUT2D eigenvalue weighted by atomic mass is 35.5. The fourth-order valence-electron chi connectivity index (χ4n) is 1.67.